The van der Waals surface area contributed by atoms with Crippen molar-refractivity contribution in [3.05, 3.63) is 16.8 Å². The van der Waals surface area contributed by atoms with Gasteiger partial charge in [-0.3, -0.25) is 0 Å². The number of aromatic nitrogens is 1. The van der Waals surface area contributed by atoms with E-state index in [2.05, 4.69) is 4.98 Å². The van der Waals surface area contributed by atoms with Crippen LogP contribution in [-0.4, -0.2) is 12.1 Å². The molecule has 3 nitrogen and oxygen atoms in total. The van der Waals surface area contributed by atoms with Gasteiger partial charge < -0.3 is 10.5 Å². The number of hydrogen-bond donors (Lipinski definition) is 1. The van der Waals surface area contributed by atoms with Crippen LogP contribution in [0.4, 0.5) is 14.6 Å². The molecule has 0 saturated heterocycles. The summed E-state index contributed by atoms with van der Waals surface area (Å²) < 4.78 is 29.2. The molecule has 0 amide bonds. The molecule has 1 aromatic heterocycles. The minimum atomic E-state index is -2.68. The topological polar surface area (TPSA) is 48.1 Å². The number of ether oxygens (including phenoxy) is 1. The van der Waals surface area contributed by atoms with Crippen LogP contribution in [0.2, 0.25) is 5.15 Å². The Balaban J connectivity index is 3.22. The van der Waals surface area contributed by atoms with Gasteiger partial charge in [0.15, 0.2) is 10.9 Å². The van der Waals surface area contributed by atoms with Crippen LogP contribution in [0.25, 0.3) is 0 Å². The molecular formula is C7H7ClF2N2O. The first-order valence-electron chi connectivity index (χ1n) is 3.34. The molecule has 2 N–H and O–H groups in total. The quantitative estimate of drug-likeness (QED) is 0.759. The average Bonchev–Trinajstić information content (AvgIpc) is 2.03. The lowest BCUT2D eigenvalue weighted by molar-refractivity contribution is 0.151. The van der Waals surface area contributed by atoms with Crippen molar-refractivity contribution in [1.82, 2.24) is 4.98 Å². The molecule has 0 fully saturated rings. The van der Waals surface area contributed by atoms with Gasteiger partial charge in [0.05, 0.1) is 12.7 Å². The Morgan fingerprint density at radius 1 is 1.62 bits per heavy atom. The summed E-state index contributed by atoms with van der Waals surface area (Å²) >= 11 is 5.55. The minimum Gasteiger partial charge on any atom is -0.494 e. The Hall–Kier alpha value is -1.10. The van der Waals surface area contributed by atoms with E-state index in [1.54, 1.807) is 0 Å². The second kappa shape index (κ2) is 3.74. The number of pyridine rings is 1. The van der Waals surface area contributed by atoms with Gasteiger partial charge in [-0.15, -0.1) is 0 Å². The van der Waals surface area contributed by atoms with Crippen molar-refractivity contribution in [2.45, 2.75) is 6.43 Å². The molecule has 0 atom stereocenters. The van der Waals surface area contributed by atoms with Gasteiger partial charge in [-0.05, 0) is 6.07 Å². The van der Waals surface area contributed by atoms with Crippen LogP contribution in [0.15, 0.2) is 6.07 Å². The number of rotatable bonds is 2. The molecule has 0 aromatic carbocycles. The van der Waals surface area contributed by atoms with Gasteiger partial charge in [0.25, 0.3) is 6.43 Å². The van der Waals surface area contributed by atoms with E-state index in [0.29, 0.717) is 0 Å². The summed E-state index contributed by atoms with van der Waals surface area (Å²) in [4.78, 5) is 3.50. The van der Waals surface area contributed by atoms with Gasteiger partial charge >= 0.3 is 0 Å². The Morgan fingerprint density at radius 2 is 2.23 bits per heavy atom. The Morgan fingerprint density at radius 3 is 2.69 bits per heavy atom. The molecule has 1 rings (SSSR count). The highest BCUT2D eigenvalue weighted by Crippen LogP contribution is 2.31. The maximum absolute atomic E-state index is 12.3. The van der Waals surface area contributed by atoms with E-state index in [-0.39, 0.29) is 22.3 Å². The SMILES string of the molecule is COc1cc(C(F)F)c(N)nc1Cl. The molecule has 0 unspecified atom stereocenters. The number of methoxy groups -OCH3 is 1. The van der Waals surface area contributed by atoms with Crippen molar-refractivity contribution < 1.29 is 13.5 Å². The highest BCUT2D eigenvalue weighted by atomic mass is 35.5. The smallest absolute Gasteiger partial charge is 0.267 e. The van der Waals surface area contributed by atoms with Crippen LogP contribution < -0.4 is 10.5 Å². The number of alkyl halides is 2. The molecule has 0 saturated carbocycles. The molecule has 1 heterocycles. The minimum absolute atomic E-state index is 0.0237. The van der Waals surface area contributed by atoms with Gasteiger partial charge in [0, 0.05) is 0 Å². The van der Waals surface area contributed by atoms with Crippen molar-refractivity contribution >= 4 is 17.4 Å². The zero-order chi connectivity index (χ0) is 10.0. The summed E-state index contributed by atoms with van der Waals surface area (Å²) in [6, 6.07) is 1.08. The highest BCUT2D eigenvalue weighted by molar-refractivity contribution is 6.31. The Bertz CT molecular complexity index is 320. The normalized spacial score (nSPS) is 10.5. The lowest BCUT2D eigenvalue weighted by atomic mass is 10.2. The summed E-state index contributed by atoms with van der Waals surface area (Å²) in [5.41, 5.74) is 4.84. The summed E-state index contributed by atoms with van der Waals surface area (Å²) in [6.45, 7) is 0. The van der Waals surface area contributed by atoms with Crippen molar-refractivity contribution in [2.75, 3.05) is 12.8 Å². The molecule has 0 spiro atoms. The molecule has 6 heteroatoms. The van der Waals surface area contributed by atoms with Crippen LogP contribution in [0.3, 0.4) is 0 Å². The average molecular weight is 209 g/mol. The van der Waals surface area contributed by atoms with E-state index in [4.69, 9.17) is 22.1 Å². The van der Waals surface area contributed by atoms with Crippen molar-refractivity contribution in [3.8, 4) is 5.75 Å². The van der Waals surface area contributed by atoms with E-state index in [9.17, 15) is 8.78 Å². The van der Waals surface area contributed by atoms with Crippen LogP contribution in [-0.2, 0) is 0 Å². The van der Waals surface area contributed by atoms with E-state index in [1.807, 2.05) is 0 Å². The van der Waals surface area contributed by atoms with Crippen molar-refractivity contribution in [2.24, 2.45) is 0 Å². The van der Waals surface area contributed by atoms with Crippen molar-refractivity contribution in [1.29, 1.82) is 0 Å². The highest BCUT2D eigenvalue weighted by Gasteiger charge is 2.16. The van der Waals surface area contributed by atoms with Crippen LogP contribution >= 0.6 is 11.6 Å². The van der Waals surface area contributed by atoms with Crippen LogP contribution in [0, 0.1) is 0 Å². The predicted octanol–water partition coefficient (Wildman–Crippen LogP) is 2.26. The lowest BCUT2D eigenvalue weighted by Gasteiger charge is -2.07. The fourth-order valence-electron chi connectivity index (χ4n) is 0.818. The van der Waals surface area contributed by atoms with E-state index >= 15 is 0 Å². The molecule has 0 aliphatic rings. The van der Waals surface area contributed by atoms with E-state index in [0.717, 1.165) is 6.07 Å². The molecule has 13 heavy (non-hydrogen) atoms. The van der Waals surface area contributed by atoms with Gasteiger partial charge in [-0.25, -0.2) is 13.8 Å². The molecular weight excluding hydrogens is 202 g/mol. The number of halogens is 3. The van der Waals surface area contributed by atoms with Gasteiger partial charge in [-0.2, -0.15) is 0 Å². The third-order valence-corrected chi connectivity index (χ3v) is 1.73. The summed E-state index contributed by atoms with van der Waals surface area (Å²) in [5, 5.41) is -0.0237. The van der Waals surface area contributed by atoms with Crippen molar-refractivity contribution in [3.63, 3.8) is 0 Å². The molecule has 0 aliphatic heterocycles. The first-order valence-corrected chi connectivity index (χ1v) is 3.72. The van der Waals surface area contributed by atoms with Crippen LogP contribution in [0.5, 0.6) is 5.75 Å². The molecule has 72 valence electrons. The number of nitrogen functional groups attached to an aromatic ring is 1. The maximum atomic E-state index is 12.3. The zero-order valence-corrected chi connectivity index (χ0v) is 7.48. The Labute approximate surface area is 78.5 Å². The third kappa shape index (κ3) is 1.98. The van der Waals surface area contributed by atoms with Gasteiger partial charge in [-0.1, -0.05) is 11.6 Å². The number of nitrogens with two attached hydrogens (primary N) is 1. The predicted molar refractivity (Wildman–Crippen MR) is 45.2 cm³/mol. The zero-order valence-electron chi connectivity index (χ0n) is 6.72. The molecule has 0 radical (unpaired) electrons. The number of nitrogens with zero attached hydrogens (tertiary/aromatic N) is 1. The standard InChI is InChI=1S/C7H7ClF2N2O/c1-13-4-2-3(6(9)10)7(11)12-5(4)8/h2,6H,1H3,(H2,11,12). The fraction of sp³-hybridized carbons (Fsp3) is 0.286. The number of hydrogen-bond acceptors (Lipinski definition) is 3. The first kappa shape index (κ1) is 9.98. The summed E-state index contributed by atoms with van der Waals surface area (Å²) in [5.74, 6) is -0.188. The third-order valence-electron chi connectivity index (χ3n) is 1.46. The molecule has 0 aliphatic carbocycles. The molecule has 0 bridgehead atoms. The molecule has 1 aromatic rings. The summed E-state index contributed by atoms with van der Waals surface area (Å²) in [6.07, 6.45) is -2.68. The summed E-state index contributed by atoms with van der Waals surface area (Å²) in [7, 11) is 1.31. The first-order chi connectivity index (χ1) is 6.06. The largest absolute Gasteiger partial charge is 0.494 e. The van der Waals surface area contributed by atoms with Gasteiger partial charge in [0.2, 0.25) is 0 Å². The van der Waals surface area contributed by atoms with E-state index in [1.165, 1.54) is 7.11 Å². The van der Waals surface area contributed by atoms with E-state index < -0.39 is 6.43 Å². The van der Waals surface area contributed by atoms with Crippen LogP contribution in [0.1, 0.15) is 12.0 Å². The Kier molecular flexibility index (Phi) is 2.87. The van der Waals surface area contributed by atoms with Gasteiger partial charge in [0.1, 0.15) is 5.82 Å². The second-order valence-electron chi connectivity index (χ2n) is 2.26. The second-order valence-corrected chi connectivity index (χ2v) is 2.61. The number of anilines is 1. The lowest BCUT2D eigenvalue weighted by Crippen LogP contribution is -2.00. The fourth-order valence-corrected chi connectivity index (χ4v) is 1.04. The maximum Gasteiger partial charge on any atom is 0.267 e. The monoisotopic (exact) mass is 208 g/mol.